The van der Waals surface area contributed by atoms with E-state index in [1.807, 2.05) is 6.92 Å². The van der Waals surface area contributed by atoms with Crippen LogP contribution in [0.3, 0.4) is 0 Å². The first kappa shape index (κ1) is 13.2. The Kier molecular flexibility index (Phi) is 3.75. The maximum Gasteiger partial charge on any atom is 0.265 e. The summed E-state index contributed by atoms with van der Waals surface area (Å²) in [6.45, 7) is 4.36. The predicted molar refractivity (Wildman–Crippen MR) is 77.4 cm³/mol. The van der Waals surface area contributed by atoms with Crippen molar-refractivity contribution in [2.75, 3.05) is 0 Å². The molecule has 0 saturated carbocycles. The third-order valence-electron chi connectivity index (χ3n) is 3.45. The Morgan fingerprint density at radius 2 is 2.25 bits per heavy atom. The largest absolute Gasteiger partial charge is 0.347 e. The van der Waals surface area contributed by atoms with E-state index in [0.717, 1.165) is 42.3 Å². The van der Waals surface area contributed by atoms with Gasteiger partial charge in [-0.2, -0.15) is 0 Å². The SMILES string of the molecule is CCc1nnsc1C(=O)NCc1ccc2c(c1)CNC2. The van der Waals surface area contributed by atoms with E-state index in [4.69, 9.17) is 0 Å². The first-order valence-corrected chi connectivity index (χ1v) is 7.46. The molecule has 20 heavy (non-hydrogen) atoms. The van der Waals surface area contributed by atoms with E-state index in [9.17, 15) is 4.79 Å². The average Bonchev–Trinajstić information content (AvgIpc) is 3.12. The van der Waals surface area contributed by atoms with Crippen molar-refractivity contribution in [2.24, 2.45) is 0 Å². The number of aromatic nitrogens is 2. The molecule has 1 aromatic carbocycles. The number of hydrogen-bond acceptors (Lipinski definition) is 5. The molecule has 3 rings (SSSR count). The van der Waals surface area contributed by atoms with Crippen LogP contribution in [0.1, 0.15) is 39.0 Å². The summed E-state index contributed by atoms with van der Waals surface area (Å²) < 4.78 is 3.84. The summed E-state index contributed by atoms with van der Waals surface area (Å²) in [7, 11) is 0. The van der Waals surface area contributed by atoms with Gasteiger partial charge in [0.05, 0.1) is 5.69 Å². The number of carbonyl (C=O) groups excluding carboxylic acids is 1. The maximum atomic E-state index is 12.1. The Morgan fingerprint density at radius 3 is 3.10 bits per heavy atom. The molecule has 0 bridgehead atoms. The summed E-state index contributed by atoms with van der Waals surface area (Å²) in [6, 6.07) is 6.35. The van der Waals surface area contributed by atoms with Gasteiger partial charge in [-0.25, -0.2) is 0 Å². The topological polar surface area (TPSA) is 66.9 Å². The lowest BCUT2D eigenvalue weighted by molar-refractivity contribution is 0.0954. The fourth-order valence-electron chi connectivity index (χ4n) is 2.33. The minimum absolute atomic E-state index is 0.0875. The molecular weight excluding hydrogens is 272 g/mol. The lowest BCUT2D eigenvalue weighted by Crippen LogP contribution is -2.23. The molecule has 0 saturated heterocycles. The molecule has 104 valence electrons. The summed E-state index contributed by atoms with van der Waals surface area (Å²) in [5.74, 6) is -0.0875. The van der Waals surface area contributed by atoms with Crippen molar-refractivity contribution in [2.45, 2.75) is 33.0 Å². The molecule has 6 heteroatoms. The first-order chi connectivity index (χ1) is 9.78. The smallest absolute Gasteiger partial charge is 0.265 e. The van der Waals surface area contributed by atoms with Crippen LogP contribution in [-0.2, 0) is 26.1 Å². The zero-order valence-corrected chi connectivity index (χ0v) is 12.1. The monoisotopic (exact) mass is 288 g/mol. The van der Waals surface area contributed by atoms with Crippen LogP contribution in [-0.4, -0.2) is 15.5 Å². The molecule has 1 amide bonds. The molecule has 2 heterocycles. The highest BCUT2D eigenvalue weighted by molar-refractivity contribution is 7.08. The van der Waals surface area contributed by atoms with Gasteiger partial charge in [0.2, 0.25) is 0 Å². The fourth-order valence-corrected chi connectivity index (χ4v) is 3.00. The van der Waals surface area contributed by atoms with Crippen LogP contribution in [0, 0.1) is 0 Å². The van der Waals surface area contributed by atoms with Gasteiger partial charge >= 0.3 is 0 Å². The molecule has 1 aliphatic heterocycles. The second-order valence-corrected chi connectivity index (χ2v) is 5.55. The predicted octanol–water partition coefficient (Wildman–Crippen LogP) is 1.63. The highest BCUT2D eigenvalue weighted by Gasteiger charge is 2.15. The number of carbonyl (C=O) groups is 1. The lowest BCUT2D eigenvalue weighted by Gasteiger charge is -2.06. The average molecular weight is 288 g/mol. The molecule has 0 atom stereocenters. The molecule has 2 N–H and O–H groups in total. The van der Waals surface area contributed by atoms with E-state index in [0.29, 0.717) is 11.4 Å². The van der Waals surface area contributed by atoms with Gasteiger partial charge in [-0.15, -0.1) is 5.10 Å². The van der Waals surface area contributed by atoms with Crippen LogP contribution in [0.4, 0.5) is 0 Å². The number of nitrogens with one attached hydrogen (secondary N) is 2. The maximum absolute atomic E-state index is 12.1. The molecule has 1 aliphatic rings. The van der Waals surface area contributed by atoms with E-state index < -0.39 is 0 Å². The molecule has 0 fully saturated rings. The Hall–Kier alpha value is -1.79. The summed E-state index contributed by atoms with van der Waals surface area (Å²) >= 11 is 1.15. The van der Waals surface area contributed by atoms with Crippen LogP contribution in [0.2, 0.25) is 0 Å². The van der Waals surface area contributed by atoms with Crippen molar-refractivity contribution >= 4 is 17.4 Å². The number of nitrogens with zero attached hydrogens (tertiary/aromatic N) is 2. The van der Waals surface area contributed by atoms with E-state index in [-0.39, 0.29) is 5.91 Å². The van der Waals surface area contributed by atoms with Crippen LogP contribution in [0.15, 0.2) is 18.2 Å². The number of fused-ring (bicyclic) bond motifs is 1. The third kappa shape index (κ3) is 2.57. The van der Waals surface area contributed by atoms with Crippen molar-refractivity contribution in [1.29, 1.82) is 0 Å². The number of aryl methyl sites for hydroxylation is 1. The molecule has 0 unspecified atom stereocenters. The van der Waals surface area contributed by atoms with Gasteiger partial charge in [0.15, 0.2) is 0 Å². The molecule has 0 radical (unpaired) electrons. The van der Waals surface area contributed by atoms with Crippen molar-refractivity contribution in [1.82, 2.24) is 20.2 Å². The second-order valence-electron chi connectivity index (χ2n) is 4.79. The van der Waals surface area contributed by atoms with Gasteiger partial charge in [0.1, 0.15) is 4.88 Å². The Bertz CT molecular complexity index is 638. The Labute approximate surface area is 121 Å². The quantitative estimate of drug-likeness (QED) is 0.897. The zero-order chi connectivity index (χ0) is 13.9. The van der Waals surface area contributed by atoms with E-state index in [2.05, 4.69) is 38.4 Å². The number of benzene rings is 1. The van der Waals surface area contributed by atoms with Gasteiger partial charge in [-0.1, -0.05) is 29.6 Å². The fraction of sp³-hybridized carbons (Fsp3) is 0.357. The summed E-state index contributed by atoms with van der Waals surface area (Å²) in [5, 5.41) is 10.2. The third-order valence-corrected chi connectivity index (χ3v) is 4.22. The highest BCUT2D eigenvalue weighted by atomic mass is 32.1. The molecule has 2 aromatic rings. The van der Waals surface area contributed by atoms with Gasteiger partial charge in [0.25, 0.3) is 5.91 Å². The standard InChI is InChI=1S/C14H16N4OS/c1-2-12-13(20-18-17-12)14(19)16-6-9-3-4-10-7-15-8-11(10)5-9/h3-5,15H,2,6-8H2,1H3,(H,16,19). The molecule has 5 nitrogen and oxygen atoms in total. The number of rotatable bonds is 4. The van der Waals surface area contributed by atoms with Crippen LogP contribution >= 0.6 is 11.5 Å². The van der Waals surface area contributed by atoms with E-state index >= 15 is 0 Å². The van der Waals surface area contributed by atoms with Crippen LogP contribution in [0.5, 0.6) is 0 Å². The summed E-state index contributed by atoms with van der Waals surface area (Å²) in [5.41, 5.74) is 4.56. The molecule has 0 aliphatic carbocycles. The van der Waals surface area contributed by atoms with Gasteiger partial charge < -0.3 is 10.6 Å². The second kappa shape index (κ2) is 5.68. The lowest BCUT2D eigenvalue weighted by atomic mass is 10.1. The van der Waals surface area contributed by atoms with Crippen molar-refractivity contribution < 1.29 is 4.79 Å². The van der Waals surface area contributed by atoms with Crippen LogP contribution in [0.25, 0.3) is 0 Å². The first-order valence-electron chi connectivity index (χ1n) is 6.68. The van der Waals surface area contributed by atoms with Crippen molar-refractivity contribution in [3.63, 3.8) is 0 Å². The summed E-state index contributed by atoms with van der Waals surface area (Å²) in [6.07, 6.45) is 0.726. The van der Waals surface area contributed by atoms with Gasteiger partial charge in [-0.3, -0.25) is 4.79 Å². The van der Waals surface area contributed by atoms with Crippen molar-refractivity contribution in [3.05, 3.63) is 45.5 Å². The Balaban J connectivity index is 1.66. The molecule has 0 spiro atoms. The normalized spacial score (nSPS) is 13.2. The minimum atomic E-state index is -0.0875. The van der Waals surface area contributed by atoms with E-state index in [1.165, 1.54) is 11.1 Å². The zero-order valence-electron chi connectivity index (χ0n) is 11.3. The van der Waals surface area contributed by atoms with E-state index in [1.54, 1.807) is 0 Å². The van der Waals surface area contributed by atoms with Gasteiger partial charge in [0, 0.05) is 19.6 Å². The minimum Gasteiger partial charge on any atom is -0.347 e. The highest BCUT2D eigenvalue weighted by Crippen LogP contribution is 2.17. The number of amides is 1. The summed E-state index contributed by atoms with van der Waals surface area (Å²) in [4.78, 5) is 12.7. The van der Waals surface area contributed by atoms with Crippen molar-refractivity contribution in [3.8, 4) is 0 Å². The number of hydrogen-bond donors (Lipinski definition) is 2. The van der Waals surface area contributed by atoms with Gasteiger partial charge in [-0.05, 0) is 34.6 Å². The van der Waals surface area contributed by atoms with Crippen LogP contribution < -0.4 is 10.6 Å². The molecule has 1 aromatic heterocycles. The Morgan fingerprint density at radius 1 is 1.40 bits per heavy atom. The molecular formula is C14H16N4OS.